The number of carbonyl (C=O) groups excluding carboxylic acids is 3. The third kappa shape index (κ3) is 7.77. The fraction of sp³-hybridized carbons (Fsp3) is 0.0333. The molecule has 2 N–H and O–H groups in total. The van der Waals surface area contributed by atoms with Crippen LogP contribution in [0.25, 0.3) is 6.08 Å². The number of nitrogens with one attached hydrogen (secondary N) is 2. The zero-order valence-corrected chi connectivity index (χ0v) is 22.1. The molecule has 0 aliphatic carbocycles. The van der Waals surface area contributed by atoms with Crippen LogP contribution in [0.3, 0.4) is 0 Å². The van der Waals surface area contributed by atoms with Gasteiger partial charge >= 0.3 is 0 Å². The molecule has 0 saturated heterocycles. The number of carbonyl (C=O) groups is 3. The molecule has 2 amide bonds. The Labute approximate surface area is 228 Å². The van der Waals surface area contributed by atoms with E-state index in [1.54, 1.807) is 54.6 Å². The fourth-order valence-corrected chi connectivity index (χ4v) is 4.69. The Kier molecular flexibility index (Phi) is 9.08. The average Bonchev–Trinajstić information content (AvgIpc) is 2.92. The van der Waals surface area contributed by atoms with E-state index in [1.807, 2.05) is 60.7 Å². The lowest BCUT2D eigenvalue weighted by molar-refractivity contribution is -0.113. The molecule has 0 aromatic heterocycles. The van der Waals surface area contributed by atoms with Crippen molar-refractivity contribution in [1.29, 1.82) is 0 Å². The van der Waals surface area contributed by atoms with Gasteiger partial charge in [0.15, 0.2) is 5.78 Å². The van der Waals surface area contributed by atoms with Crippen LogP contribution in [0.15, 0.2) is 124 Å². The van der Waals surface area contributed by atoms with E-state index in [9.17, 15) is 14.4 Å². The number of ketones is 1. The summed E-state index contributed by atoms with van der Waals surface area (Å²) in [5.41, 5.74) is 2.50. The van der Waals surface area contributed by atoms with E-state index >= 15 is 0 Å². The van der Waals surface area contributed by atoms with Gasteiger partial charge in [0.1, 0.15) is 5.70 Å². The normalized spacial score (nSPS) is 11.0. The van der Waals surface area contributed by atoms with Crippen LogP contribution in [0, 0.1) is 0 Å². The predicted molar refractivity (Wildman–Crippen MR) is 153 cm³/mol. The van der Waals surface area contributed by atoms with Crippen molar-refractivity contribution >= 4 is 57.1 Å². The molecule has 5 nitrogen and oxygen atoms in total. The number of halogens is 1. The van der Waals surface area contributed by atoms with E-state index < -0.39 is 5.91 Å². The third-order valence-electron chi connectivity index (χ3n) is 5.25. The van der Waals surface area contributed by atoms with Crippen LogP contribution in [-0.4, -0.2) is 23.4 Å². The Morgan fingerprint density at radius 1 is 0.757 bits per heavy atom. The van der Waals surface area contributed by atoms with Gasteiger partial charge in [0.25, 0.3) is 11.8 Å². The van der Waals surface area contributed by atoms with Gasteiger partial charge in [-0.05, 0) is 54.1 Å². The molecule has 0 atom stereocenters. The van der Waals surface area contributed by atoms with Gasteiger partial charge in [-0.2, -0.15) is 0 Å². The molecule has 0 bridgehead atoms. The van der Waals surface area contributed by atoms with Crippen molar-refractivity contribution in [3.8, 4) is 0 Å². The lowest BCUT2D eigenvalue weighted by Crippen LogP contribution is -2.30. The van der Waals surface area contributed by atoms with Gasteiger partial charge in [0.05, 0.1) is 5.75 Å². The molecule has 184 valence electrons. The molecule has 4 rings (SSSR count). The van der Waals surface area contributed by atoms with Crippen molar-refractivity contribution in [3.05, 3.63) is 136 Å². The van der Waals surface area contributed by atoms with Crippen LogP contribution >= 0.6 is 27.7 Å². The highest BCUT2D eigenvalue weighted by atomic mass is 79.9. The summed E-state index contributed by atoms with van der Waals surface area (Å²) >= 11 is 4.83. The van der Waals surface area contributed by atoms with Gasteiger partial charge in [-0.1, -0.05) is 82.7 Å². The quantitative estimate of drug-likeness (QED) is 0.131. The number of amides is 2. The first-order valence-electron chi connectivity index (χ1n) is 11.4. The van der Waals surface area contributed by atoms with Crippen molar-refractivity contribution in [3.63, 3.8) is 0 Å². The Hall–Kier alpha value is -3.94. The highest BCUT2D eigenvalue weighted by Crippen LogP contribution is 2.23. The minimum atomic E-state index is -0.466. The summed E-state index contributed by atoms with van der Waals surface area (Å²) < 4.78 is 0.852. The molecule has 0 heterocycles. The Morgan fingerprint density at radius 3 is 2.14 bits per heavy atom. The second kappa shape index (κ2) is 12.9. The van der Waals surface area contributed by atoms with E-state index in [1.165, 1.54) is 11.8 Å². The maximum absolute atomic E-state index is 13.3. The van der Waals surface area contributed by atoms with Gasteiger partial charge in [-0.3, -0.25) is 14.4 Å². The topological polar surface area (TPSA) is 75.3 Å². The molecule has 0 fully saturated rings. The molecule has 0 spiro atoms. The third-order valence-corrected chi connectivity index (χ3v) is 6.73. The van der Waals surface area contributed by atoms with E-state index in [4.69, 9.17) is 0 Å². The molecule has 4 aromatic carbocycles. The van der Waals surface area contributed by atoms with E-state index in [2.05, 4.69) is 26.6 Å². The summed E-state index contributed by atoms with van der Waals surface area (Å²) in [6.45, 7) is 0. The summed E-state index contributed by atoms with van der Waals surface area (Å²) in [6.07, 6.45) is 1.62. The molecule has 0 saturated carbocycles. The number of anilines is 1. The first kappa shape index (κ1) is 26.1. The van der Waals surface area contributed by atoms with Crippen molar-refractivity contribution in [2.45, 2.75) is 4.90 Å². The smallest absolute Gasteiger partial charge is 0.272 e. The fourth-order valence-electron chi connectivity index (χ4n) is 3.42. The summed E-state index contributed by atoms with van der Waals surface area (Å²) in [6, 6.07) is 32.5. The molecule has 7 heteroatoms. The number of Topliss-reactive ketones (excluding diaryl/α,β-unsaturated/α-hetero) is 1. The molecule has 0 unspecified atom stereocenters. The summed E-state index contributed by atoms with van der Waals surface area (Å²) in [5.74, 6) is -0.543. The standard InChI is InChI=1S/C30H23BrN2O3S/c31-24-14-7-9-21(17-24)18-27(33-29(35)23-12-5-2-6-13-23)30(36)32-25-15-8-16-26(19-25)37-20-28(34)22-10-3-1-4-11-22/h1-19H,20H2,(H,32,36)(H,33,35)/b27-18-. The van der Waals surface area contributed by atoms with Crippen LogP contribution in [-0.2, 0) is 4.79 Å². The monoisotopic (exact) mass is 570 g/mol. The SMILES string of the molecule is O=C(Nc1cccc(SCC(=O)c2ccccc2)c1)/C(=C/c1cccc(Br)c1)NC(=O)c1ccccc1. The van der Waals surface area contributed by atoms with Crippen LogP contribution in [0.1, 0.15) is 26.3 Å². The number of hydrogen-bond acceptors (Lipinski definition) is 4. The first-order chi connectivity index (χ1) is 18.0. The van der Waals surface area contributed by atoms with E-state index in [0.717, 1.165) is 14.9 Å². The van der Waals surface area contributed by atoms with Gasteiger partial charge in [-0.25, -0.2) is 0 Å². The van der Waals surface area contributed by atoms with E-state index in [0.29, 0.717) is 16.8 Å². The molecule has 0 aliphatic rings. The van der Waals surface area contributed by atoms with Crippen LogP contribution in [0.2, 0.25) is 0 Å². The van der Waals surface area contributed by atoms with Crippen molar-refractivity contribution in [2.75, 3.05) is 11.1 Å². The number of rotatable bonds is 9. The van der Waals surface area contributed by atoms with Crippen molar-refractivity contribution in [2.24, 2.45) is 0 Å². The van der Waals surface area contributed by atoms with Crippen LogP contribution < -0.4 is 10.6 Å². The Bertz CT molecular complexity index is 1440. The summed E-state index contributed by atoms with van der Waals surface area (Å²) in [5, 5.41) is 5.60. The highest BCUT2D eigenvalue weighted by Gasteiger charge is 2.15. The Morgan fingerprint density at radius 2 is 1.43 bits per heavy atom. The van der Waals surface area contributed by atoms with Crippen molar-refractivity contribution < 1.29 is 14.4 Å². The average molecular weight is 571 g/mol. The van der Waals surface area contributed by atoms with Gasteiger partial charge < -0.3 is 10.6 Å². The van der Waals surface area contributed by atoms with Crippen molar-refractivity contribution in [1.82, 2.24) is 5.32 Å². The van der Waals surface area contributed by atoms with Gasteiger partial charge in [0.2, 0.25) is 0 Å². The number of benzene rings is 4. The zero-order chi connectivity index (χ0) is 26.0. The second-order valence-electron chi connectivity index (χ2n) is 7.99. The van der Waals surface area contributed by atoms with Gasteiger partial charge in [0, 0.05) is 26.2 Å². The van der Waals surface area contributed by atoms with Gasteiger partial charge in [-0.15, -0.1) is 11.8 Å². The molecule has 0 aliphatic heterocycles. The number of thioether (sulfide) groups is 1. The molecule has 0 radical (unpaired) electrons. The zero-order valence-electron chi connectivity index (χ0n) is 19.7. The summed E-state index contributed by atoms with van der Waals surface area (Å²) in [7, 11) is 0. The minimum absolute atomic E-state index is 0.0305. The predicted octanol–water partition coefficient (Wildman–Crippen LogP) is 6.83. The summed E-state index contributed by atoms with van der Waals surface area (Å²) in [4.78, 5) is 39.4. The van der Waals surface area contributed by atoms with Crippen LogP contribution in [0.5, 0.6) is 0 Å². The largest absolute Gasteiger partial charge is 0.321 e. The van der Waals surface area contributed by atoms with E-state index in [-0.39, 0.29) is 23.1 Å². The molecule has 37 heavy (non-hydrogen) atoms. The maximum Gasteiger partial charge on any atom is 0.272 e. The first-order valence-corrected chi connectivity index (χ1v) is 13.2. The minimum Gasteiger partial charge on any atom is -0.321 e. The molecular formula is C30H23BrN2O3S. The Balaban J connectivity index is 1.49. The van der Waals surface area contributed by atoms with Crippen LogP contribution in [0.4, 0.5) is 5.69 Å². The second-order valence-corrected chi connectivity index (χ2v) is 9.96. The molecule has 4 aromatic rings. The lowest BCUT2D eigenvalue weighted by atomic mass is 10.1. The maximum atomic E-state index is 13.3. The molecular weight excluding hydrogens is 548 g/mol. The lowest BCUT2D eigenvalue weighted by Gasteiger charge is -2.12. The number of hydrogen-bond donors (Lipinski definition) is 2. The highest BCUT2D eigenvalue weighted by molar-refractivity contribution is 9.10.